The molecule has 0 aliphatic rings. The van der Waals surface area contributed by atoms with Gasteiger partial charge in [0.15, 0.2) is 0 Å². The molecule has 0 aliphatic heterocycles. The number of ether oxygens (including phenoxy) is 2. The fourth-order valence-corrected chi connectivity index (χ4v) is 3.12. The molecule has 0 radical (unpaired) electrons. The van der Waals surface area contributed by atoms with Crippen molar-refractivity contribution in [1.29, 1.82) is 0 Å². The maximum atomic E-state index is 12.5. The van der Waals surface area contributed by atoms with Crippen molar-refractivity contribution in [1.82, 2.24) is 20.2 Å². The molecule has 2 N–H and O–H groups in total. The molecule has 0 spiro atoms. The van der Waals surface area contributed by atoms with Crippen LogP contribution in [0.5, 0.6) is 11.5 Å². The van der Waals surface area contributed by atoms with E-state index < -0.39 is 0 Å². The number of rotatable bonds is 7. The second-order valence-electron chi connectivity index (χ2n) is 6.73. The van der Waals surface area contributed by atoms with Crippen LogP contribution in [0.1, 0.15) is 37.1 Å². The predicted molar refractivity (Wildman–Crippen MR) is 112 cm³/mol. The van der Waals surface area contributed by atoms with Gasteiger partial charge in [-0.15, -0.1) is 0 Å². The van der Waals surface area contributed by atoms with Gasteiger partial charge in [-0.25, -0.2) is 9.78 Å². The van der Waals surface area contributed by atoms with Gasteiger partial charge >= 0.3 is 6.03 Å². The van der Waals surface area contributed by atoms with Gasteiger partial charge in [0.1, 0.15) is 11.5 Å². The van der Waals surface area contributed by atoms with Crippen LogP contribution in [0.15, 0.2) is 61.2 Å². The number of imidazole rings is 1. The molecule has 3 rings (SSSR count). The number of benzene rings is 2. The topological polar surface area (TPSA) is 77.4 Å². The number of amides is 2. The Bertz CT molecular complexity index is 939. The summed E-state index contributed by atoms with van der Waals surface area (Å²) in [5.41, 5.74) is 2.87. The number of nitrogens with zero attached hydrogens (tertiary/aromatic N) is 2. The number of hydrogen-bond donors (Lipinski definition) is 2. The Kier molecular flexibility index (Phi) is 6.39. The molecular weight excluding hydrogens is 368 g/mol. The first kappa shape index (κ1) is 20.3. The smallest absolute Gasteiger partial charge is 0.315 e. The number of carbonyl (C=O) groups is 1. The van der Waals surface area contributed by atoms with E-state index in [9.17, 15) is 4.79 Å². The first-order chi connectivity index (χ1) is 14.0. The Morgan fingerprint density at radius 3 is 2.34 bits per heavy atom. The van der Waals surface area contributed by atoms with Crippen LogP contribution in [-0.4, -0.2) is 29.8 Å². The quantitative estimate of drug-likeness (QED) is 0.635. The lowest BCUT2D eigenvalue weighted by Crippen LogP contribution is -2.38. The molecular formula is C22H26N4O3. The van der Waals surface area contributed by atoms with Crippen molar-refractivity contribution in [3.05, 3.63) is 72.3 Å². The van der Waals surface area contributed by atoms with E-state index in [0.717, 1.165) is 16.8 Å². The van der Waals surface area contributed by atoms with E-state index in [1.807, 2.05) is 67.1 Å². The highest BCUT2D eigenvalue weighted by atomic mass is 16.5. The first-order valence-corrected chi connectivity index (χ1v) is 9.39. The van der Waals surface area contributed by atoms with Crippen LogP contribution in [0.3, 0.4) is 0 Å². The summed E-state index contributed by atoms with van der Waals surface area (Å²) in [5.74, 6) is 1.41. The Morgan fingerprint density at radius 2 is 1.72 bits per heavy atom. The molecule has 7 nitrogen and oxygen atoms in total. The molecule has 2 aromatic carbocycles. The van der Waals surface area contributed by atoms with Gasteiger partial charge in [0.2, 0.25) is 0 Å². The van der Waals surface area contributed by atoms with Gasteiger partial charge in [-0.1, -0.05) is 12.1 Å². The highest BCUT2D eigenvalue weighted by molar-refractivity contribution is 5.75. The van der Waals surface area contributed by atoms with Crippen molar-refractivity contribution < 1.29 is 14.3 Å². The van der Waals surface area contributed by atoms with Crippen molar-refractivity contribution in [2.75, 3.05) is 14.2 Å². The van der Waals surface area contributed by atoms with Crippen LogP contribution in [0, 0.1) is 0 Å². The molecule has 0 saturated heterocycles. The summed E-state index contributed by atoms with van der Waals surface area (Å²) in [7, 11) is 3.21. The van der Waals surface area contributed by atoms with Gasteiger partial charge in [0.25, 0.3) is 0 Å². The van der Waals surface area contributed by atoms with Crippen LogP contribution in [0.2, 0.25) is 0 Å². The third kappa shape index (κ3) is 4.87. The van der Waals surface area contributed by atoms with Gasteiger partial charge in [-0.2, -0.15) is 0 Å². The molecule has 2 amide bonds. The van der Waals surface area contributed by atoms with E-state index in [1.54, 1.807) is 26.7 Å². The predicted octanol–water partition coefficient (Wildman–Crippen LogP) is 4.01. The minimum atomic E-state index is -0.256. The van der Waals surface area contributed by atoms with Crippen molar-refractivity contribution in [2.24, 2.45) is 0 Å². The summed E-state index contributed by atoms with van der Waals surface area (Å²) in [6.45, 7) is 3.85. The Balaban J connectivity index is 1.63. The van der Waals surface area contributed by atoms with E-state index in [2.05, 4.69) is 15.6 Å². The zero-order valence-electron chi connectivity index (χ0n) is 17.0. The highest BCUT2D eigenvalue weighted by Crippen LogP contribution is 2.29. The van der Waals surface area contributed by atoms with E-state index in [-0.39, 0.29) is 18.1 Å². The number of hydrogen-bond acceptors (Lipinski definition) is 4. The maximum absolute atomic E-state index is 12.5. The molecule has 0 saturated carbocycles. The molecule has 29 heavy (non-hydrogen) atoms. The van der Waals surface area contributed by atoms with Crippen LogP contribution in [-0.2, 0) is 0 Å². The molecule has 2 unspecified atom stereocenters. The molecule has 0 fully saturated rings. The molecule has 0 bridgehead atoms. The molecule has 152 valence electrons. The van der Waals surface area contributed by atoms with Crippen LogP contribution in [0.4, 0.5) is 4.79 Å². The van der Waals surface area contributed by atoms with E-state index in [0.29, 0.717) is 11.5 Å². The fraction of sp³-hybridized carbons (Fsp3) is 0.273. The first-order valence-electron chi connectivity index (χ1n) is 9.39. The van der Waals surface area contributed by atoms with Crippen molar-refractivity contribution in [3.8, 4) is 17.2 Å². The van der Waals surface area contributed by atoms with E-state index in [4.69, 9.17) is 9.47 Å². The molecule has 2 atom stereocenters. The second kappa shape index (κ2) is 9.14. The molecule has 1 aromatic heterocycles. The van der Waals surface area contributed by atoms with Gasteiger partial charge in [0.05, 0.1) is 32.6 Å². The maximum Gasteiger partial charge on any atom is 0.315 e. The molecule has 3 aromatic rings. The number of nitrogens with one attached hydrogen (secondary N) is 2. The normalized spacial score (nSPS) is 12.7. The zero-order chi connectivity index (χ0) is 20.8. The van der Waals surface area contributed by atoms with Gasteiger partial charge in [-0.05, 0) is 49.7 Å². The lowest BCUT2D eigenvalue weighted by molar-refractivity contribution is 0.234. The van der Waals surface area contributed by atoms with Crippen LogP contribution in [0.25, 0.3) is 5.69 Å². The lowest BCUT2D eigenvalue weighted by atomic mass is 10.1. The Hall–Kier alpha value is -3.48. The average molecular weight is 394 g/mol. The molecule has 0 aliphatic carbocycles. The summed E-state index contributed by atoms with van der Waals surface area (Å²) in [6.07, 6.45) is 5.37. The van der Waals surface area contributed by atoms with Crippen molar-refractivity contribution in [3.63, 3.8) is 0 Å². The number of methoxy groups -OCH3 is 2. The SMILES string of the molecule is COc1ccc(OC)c(C(C)NC(=O)NC(C)c2ccc(-n3ccnc3)cc2)c1. The lowest BCUT2D eigenvalue weighted by Gasteiger charge is -2.21. The summed E-state index contributed by atoms with van der Waals surface area (Å²) in [6, 6.07) is 12.8. The average Bonchev–Trinajstić information content (AvgIpc) is 3.28. The summed E-state index contributed by atoms with van der Waals surface area (Å²) in [5, 5.41) is 5.93. The van der Waals surface area contributed by atoms with Crippen LogP contribution >= 0.6 is 0 Å². The largest absolute Gasteiger partial charge is 0.497 e. The Morgan fingerprint density at radius 1 is 1.00 bits per heavy atom. The van der Waals surface area contributed by atoms with E-state index in [1.165, 1.54) is 0 Å². The monoisotopic (exact) mass is 394 g/mol. The summed E-state index contributed by atoms with van der Waals surface area (Å²) in [4.78, 5) is 16.6. The standard InChI is InChI=1S/C22H26N4O3/c1-15(17-5-7-18(8-6-17)26-12-11-23-14-26)24-22(27)25-16(2)20-13-19(28-3)9-10-21(20)29-4/h5-16H,1-4H3,(H2,24,25,27). The Labute approximate surface area is 170 Å². The summed E-state index contributed by atoms with van der Waals surface area (Å²) < 4.78 is 12.6. The number of urea groups is 1. The minimum absolute atomic E-state index is 0.147. The van der Waals surface area contributed by atoms with Gasteiger partial charge in [-0.3, -0.25) is 0 Å². The van der Waals surface area contributed by atoms with Gasteiger partial charge in [0, 0.05) is 23.6 Å². The number of carbonyl (C=O) groups excluding carboxylic acids is 1. The van der Waals surface area contributed by atoms with E-state index >= 15 is 0 Å². The molecule has 1 heterocycles. The number of aromatic nitrogens is 2. The third-order valence-corrected chi connectivity index (χ3v) is 4.79. The van der Waals surface area contributed by atoms with Crippen molar-refractivity contribution in [2.45, 2.75) is 25.9 Å². The zero-order valence-corrected chi connectivity index (χ0v) is 17.0. The minimum Gasteiger partial charge on any atom is -0.497 e. The molecule has 7 heteroatoms. The van der Waals surface area contributed by atoms with Gasteiger partial charge < -0.3 is 24.7 Å². The van der Waals surface area contributed by atoms with Crippen molar-refractivity contribution >= 4 is 6.03 Å². The van der Waals surface area contributed by atoms with Crippen LogP contribution < -0.4 is 20.1 Å². The third-order valence-electron chi connectivity index (χ3n) is 4.79. The summed E-state index contributed by atoms with van der Waals surface area (Å²) >= 11 is 0. The second-order valence-corrected chi connectivity index (χ2v) is 6.73. The fourth-order valence-electron chi connectivity index (χ4n) is 3.12. The highest BCUT2D eigenvalue weighted by Gasteiger charge is 2.17.